The van der Waals surface area contributed by atoms with E-state index in [1.165, 1.54) is 17.6 Å². The van der Waals surface area contributed by atoms with Crippen molar-refractivity contribution in [3.8, 4) is 22.8 Å². The number of hydrogen-bond acceptors (Lipinski definition) is 7. The molecule has 4 rings (SSSR count). The number of benzene rings is 2. The van der Waals surface area contributed by atoms with E-state index in [4.69, 9.17) is 9.15 Å². The molecule has 7 heteroatoms. The first kappa shape index (κ1) is 17.0. The molecule has 4 aromatic rings. The Balaban J connectivity index is 1.67. The Morgan fingerprint density at radius 2 is 2.07 bits per heavy atom. The van der Waals surface area contributed by atoms with Crippen molar-refractivity contribution in [2.45, 2.75) is 0 Å². The molecule has 2 aromatic carbocycles. The maximum absolute atomic E-state index is 12.1. The zero-order valence-corrected chi connectivity index (χ0v) is 15.1. The third-order valence-corrected chi connectivity index (χ3v) is 4.73. The summed E-state index contributed by atoms with van der Waals surface area (Å²) in [6.07, 6.45) is 1.28. The van der Waals surface area contributed by atoms with Crippen LogP contribution in [0.5, 0.6) is 11.5 Å². The van der Waals surface area contributed by atoms with Crippen LogP contribution in [0.3, 0.4) is 0 Å². The molecule has 27 heavy (non-hydrogen) atoms. The van der Waals surface area contributed by atoms with Gasteiger partial charge in [-0.3, -0.25) is 0 Å². The second-order valence-corrected chi connectivity index (χ2v) is 6.49. The fourth-order valence-corrected chi connectivity index (χ4v) is 3.29. The molecule has 134 valence electrons. The summed E-state index contributed by atoms with van der Waals surface area (Å²) in [5, 5.41) is 13.1. The first-order valence-electron chi connectivity index (χ1n) is 8.04. The number of rotatable bonds is 4. The van der Waals surface area contributed by atoms with Crippen LogP contribution in [0.2, 0.25) is 0 Å². The second-order valence-electron chi connectivity index (χ2n) is 5.65. The Labute approximate surface area is 158 Å². The average Bonchev–Trinajstić information content (AvgIpc) is 3.17. The van der Waals surface area contributed by atoms with Crippen LogP contribution in [0.1, 0.15) is 5.56 Å². The smallest absolute Gasteiger partial charge is 0.348 e. The molecule has 2 aromatic heterocycles. The van der Waals surface area contributed by atoms with Gasteiger partial charge in [-0.1, -0.05) is 24.3 Å². The number of nitrogens with zero attached hydrogens (tertiary/aromatic N) is 2. The predicted molar refractivity (Wildman–Crippen MR) is 106 cm³/mol. The molecule has 6 nitrogen and oxygen atoms in total. The van der Waals surface area contributed by atoms with E-state index >= 15 is 0 Å². The standard InChI is InChI=1S/C20H14N2O4S/c1-25-13-6-4-5-12(9-13)16-11-27-20(22-16)21-10-15-18(23)14-7-2-3-8-17(14)26-19(15)24/h2-11,23H,1H3/b21-10+. The molecule has 0 spiro atoms. The number of hydrogen-bond donors (Lipinski definition) is 1. The Hall–Kier alpha value is -3.45. The van der Waals surface area contributed by atoms with Gasteiger partial charge in [-0.2, -0.15) is 0 Å². The Kier molecular flexibility index (Phi) is 4.43. The number of fused-ring (bicyclic) bond motifs is 1. The van der Waals surface area contributed by atoms with Gasteiger partial charge in [0.05, 0.1) is 18.2 Å². The summed E-state index contributed by atoms with van der Waals surface area (Å²) in [4.78, 5) is 20.8. The second kappa shape index (κ2) is 7.05. The lowest BCUT2D eigenvalue weighted by molar-refractivity contribution is 0.415. The maximum Gasteiger partial charge on any atom is 0.348 e. The molecule has 0 aliphatic rings. The van der Waals surface area contributed by atoms with E-state index in [0.717, 1.165) is 17.0 Å². The van der Waals surface area contributed by atoms with Crippen LogP contribution >= 0.6 is 11.3 Å². The molecule has 0 radical (unpaired) electrons. The number of thiazole rings is 1. The monoisotopic (exact) mass is 378 g/mol. The van der Waals surface area contributed by atoms with Gasteiger partial charge < -0.3 is 14.3 Å². The molecule has 0 aliphatic heterocycles. The molecule has 0 unspecified atom stereocenters. The highest BCUT2D eigenvalue weighted by molar-refractivity contribution is 7.13. The Morgan fingerprint density at radius 1 is 1.22 bits per heavy atom. The lowest BCUT2D eigenvalue weighted by atomic mass is 10.1. The van der Waals surface area contributed by atoms with Crippen LogP contribution in [-0.2, 0) is 0 Å². The van der Waals surface area contributed by atoms with Gasteiger partial charge in [-0.25, -0.2) is 14.8 Å². The minimum atomic E-state index is -0.653. The molecule has 1 N–H and O–H groups in total. The van der Waals surface area contributed by atoms with Gasteiger partial charge in [0.1, 0.15) is 22.6 Å². The summed E-state index contributed by atoms with van der Waals surface area (Å²) >= 11 is 1.33. The SMILES string of the molecule is COc1cccc(-c2csc(/N=C/c3c(O)c4ccccc4oc3=O)n2)c1. The van der Waals surface area contributed by atoms with Crippen molar-refractivity contribution in [2.24, 2.45) is 4.99 Å². The normalized spacial score (nSPS) is 11.3. The summed E-state index contributed by atoms with van der Waals surface area (Å²) in [6.45, 7) is 0. The summed E-state index contributed by atoms with van der Waals surface area (Å²) in [6, 6.07) is 14.3. The van der Waals surface area contributed by atoms with E-state index in [2.05, 4.69) is 9.98 Å². The first-order valence-corrected chi connectivity index (χ1v) is 8.92. The van der Waals surface area contributed by atoms with Gasteiger partial charge in [-0.05, 0) is 24.3 Å². The fraction of sp³-hybridized carbons (Fsp3) is 0.0500. The molecule has 0 atom stereocenters. The molecule has 0 amide bonds. The minimum Gasteiger partial charge on any atom is -0.506 e. The van der Waals surface area contributed by atoms with E-state index in [0.29, 0.717) is 16.1 Å². The van der Waals surface area contributed by atoms with Crippen LogP contribution in [0.25, 0.3) is 22.2 Å². The summed E-state index contributed by atoms with van der Waals surface area (Å²) < 4.78 is 10.4. The van der Waals surface area contributed by atoms with Gasteiger partial charge in [0.15, 0.2) is 0 Å². The largest absolute Gasteiger partial charge is 0.506 e. The summed E-state index contributed by atoms with van der Waals surface area (Å²) in [5.74, 6) is 0.583. The molecule has 0 saturated carbocycles. The molecule has 0 fully saturated rings. The average molecular weight is 378 g/mol. The van der Waals surface area contributed by atoms with Gasteiger partial charge in [0.25, 0.3) is 0 Å². The van der Waals surface area contributed by atoms with Crippen molar-refractivity contribution >= 4 is 33.7 Å². The van der Waals surface area contributed by atoms with Crippen molar-refractivity contribution < 1.29 is 14.3 Å². The topological polar surface area (TPSA) is 84.9 Å². The number of para-hydroxylation sites is 1. The van der Waals surface area contributed by atoms with Crippen LogP contribution < -0.4 is 10.4 Å². The van der Waals surface area contributed by atoms with E-state index in [1.54, 1.807) is 31.4 Å². The summed E-state index contributed by atoms with van der Waals surface area (Å²) in [5.41, 5.74) is 1.32. The maximum atomic E-state index is 12.1. The summed E-state index contributed by atoms with van der Waals surface area (Å²) in [7, 11) is 1.61. The predicted octanol–water partition coefficient (Wildman–Crippen LogP) is 4.38. The zero-order chi connectivity index (χ0) is 18.8. The van der Waals surface area contributed by atoms with E-state index < -0.39 is 5.63 Å². The first-order chi connectivity index (χ1) is 13.2. The number of aromatic hydroxyl groups is 1. The lowest BCUT2D eigenvalue weighted by Gasteiger charge is -2.02. The quantitative estimate of drug-likeness (QED) is 0.421. The molecule has 0 aliphatic carbocycles. The number of aliphatic imine (C=N–C) groups is 1. The third-order valence-electron chi connectivity index (χ3n) is 3.98. The fourth-order valence-electron chi connectivity index (χ4n) is 2.62. The van der Waals surface area contributed by atoms with Gasteiger partial charge in [-0.15, -0.1) is 11.3 Å². The van der Waals surface area contributed by atoms with Crippen molar-refractivity contribution in [2.75, 3.05) is 7.11 Å². The molecular weight excluding hydrogens is 364 g/mol. The number of methoxy groups -OCH3 is 1. The number of aromatic nitrogens is 1. The molecule has 2 heterocycles. The zero-order valence-electron chi connectivity index (χ0n) is 14.2. The third kappa shape index (κ3) is 3.32. The van der Waals surface area contributed by atoms with Gasteiger partial charge in [0.2, 0.25) is 5.13 Å². The van der Waals surface area contributed by atoms with Crippen LogP contribution in [0.15, 0.2) is 68.1 Å². The van der Waals surface area contributed by atoms with Crippen LogP contribution in [-0.4, -0.2) is 23.4 Å². The highest BCUT2D eigenvalue weighted by Gasteiger charge is 2.12. The lowest BCUT2D eigenvalue weighted by Crippen LogP contribution is -2.06. The number of ether oxygens (including phenoxy) is 1. The van der Waals surface area contributed by atoms with Crippen LogP contribution in [0, 0.1) is 0 Å². The van der Waals surface area contributed by atoms with E-state index in [9.17, 15) is 9.90 Å². The van der Waals surface area contributed by atoms with Crippen molar-refractivity contribution in [3.05, 3.63) is 69.9 Å². The highest BCUT2D eigenvalue weighted by Crippen LogP contribution is 2.29. The van der Waals surface area contributed by atoms with Gasteiger partial charge in [0, 0.05) is 17.2 Å². The highest BCUT2D eigenvalue weighted by atomic mass is 32.1. The van der Waals surface area contributed by atoms with Crippen molar-refractivity contribution in [1.29, 1.82) is 0 Å². The van der Waals surface area contributed by atoms with E-state index in [-0.39, 0.29) is 11.3 Å². The van der Waals surface area contributed by atoms with Crippen molar-refractivity contribution in [3.63, 3.8) is 0 Å². The van der Waals surface area contributed by atoms with Gasteiger partial charge >= 0.3 is 5.63 Å². The minimum absolute atomic E-state index is 0.00756. The molecular formula is C20H14N2O4S. The van der Waals surface area contributed by atoms with Crippen LogP contribution in [0.4, 0.5) is 5.13 Å². The molecule has 0 bridgehead atoms. The Morgan fingerprint density at radius 3 is 2.93 bits per heavy atom. The molecule has 0 saturated heterocycles. The Bertz CT molecular complexity index is 1210. The van der Waals surface area contributed by atoms with Crippen molar-refractivity contribution in [1.82, 2.24) is 4.98 Å². The van der Waals surface area contributed by atoms with E-state index in [1.807, 2.05) is 29.6 Å².